The summed E-state index contributed by atoms with van der Waals surface area (Å²) in [6.45, 7) is 4.71. The molecule has 0 amide bonds. The summed E-state index contributed by atoms with van der Waals surface area (Å²) in [5.41, 5.74) is 1.50. The zero-order valence-electron chi connectivity index (χ0n) is 15.6. The fourth-order valence-electron chi connectivity index (χ4n) is 3.64. The van der Waals surface area contributed by atoms with Crippen molar-refractivity contribution in [3.8, 4) is 0 Å². The van der Waals surface area contributed by atoms with E-state index in [1.54, 1.807) is 0 Å². The largest absolute Gasteiger partial charge is 1.00 e. The summed E-state index contributed by atoms with van der Waals surface area (Å²) in [7, 11) is 2.26. The highest BCUT2D eigenvalue weighted by atomic mass is 127. The van der Waals surface area contributed by atoms with Gasteiger partial charge in [0.2, 0.25) is 0 Å². The summed E-state index contributed by atoms with van der Waals surface area (Å²) < 4.78 is 2.40. The number of rotatable bonds is 10. The number of pyridine rings is 1. The number of nitrogens with zero attached hydrogens (tertiary/aromatic N) is 2. The third-order valence-electron chi connectivity index (χ3n) is 5.06. The number of likely N-dealkylation sites (tertiary alicyclic amines) is 1. The Bertz CT molecular complexity index is 426. The molecule has 24 heavy (non-hydrogen) atoms. The lowest BCUT2D eigenvalue weighted by Gasteiger charge is -2.18. The topological polar surface area (TPSA) is 7.12 Å². The molecular formula is C20H36I2N2. The number of hydrogen-bond donors (Lipinski definition) is 0. The minimum absolute atomic E-state index is 0. The van der Waals surface area contributed by atoms with Gasteiger partial charge in [0.25, 0.3) is 0 Å². The second-order valence-corrected chi connectivity index (χ2v) is 6.99. The first kappa shape index (κ1) is 24.6. The predicted octanol–water partition coefficient (Wildman–Crippen LogP) is 2.50. The molecule has 140 valence electrons. The third kappa shape index (κ3) is 8.79. The Labute approximate surface area is 183 Å². The van der Waals surface area contributed by atoms with Crippen LogP contribution in [0.1, 0.15) is 82.7 Å². The van der Waals surface area contributed by atoms with Crippen LogP contribution < -0.4 is 28.5 Å². The van der Waals surface area contributed by atoms with Crippen LogP contribution >= 0.6 is 24.0 Å². The molecule has 0 N–H and O–H groups in total. The molecule has 1 aliphatic rings. The van der Waals surface area contributed by atoms with Gasteiger partial charge in [0, 0.05) is 24.1 Å². The van der Waals surface area contributed by atoms with Crippen LogP contribution in [0, 0.1) is 0 Å². The Kier molecular flexibility index (Phi) is 15.1. The van der Waals surface area contributed by atoms with Crippen LogP contribution in [0.25, 0.3) is 0 Å². The monoisotopic (exact) mass is 558 g/mol. The lowest BCUT2D eigenvalue weighted by atomic mass is 10.1. The second-order valence-electron chi connectivity index (χ2n) is 6.99. The van der Waals surface area contributed by atoms with Crippen molar-refractivity contribution < 1.29 is 28.5 Å². The Morgan fingerprint density at radius 2 is 1.75 bits per heavy atom. The van der Waals surface area contributed by atoms with E-state index in [0.29, 0.717) is 6.04 Å². The summed E-state index contributed by atoms with van der Waals surface area (Å²) in [6.07, 6.45) is 18.5. The normalized spacial score (nSPS) is 17.3. The van der Waals surface area contributed by atoms with Gasteiger partial charge in [-0.25, -0.2) is 4.57 Å². The number of aromatic nitrogens is 1. The minimum Gasteiger partial charge on any atom is -1.00 e. The Balaban J connectivity index is 0.00000264. The van der Waals surface area contributed by atoms with E-state index in [-0.39, 0.29) is 48.0 Å². The molecule has 0 unspecified atom stereocenters. The van der Waals surface area contributed by atoms with Crippen LogP contribution in [-0.2, 0) is 6.54 Å². The van der Waals surface area contributed by atoms with E-state index in [1.807, 2.05) is 0 Å². The van der Waals surface area contributed by atoms with Crippen molar-refractivity contribution in [3.63, 3.8) is 0 Å². The van der Waals surface area contributed by atoms with Crippen LogP contribution in [0.4, 0.5) is 0 Å². The SMILES string of the molecule is CCCCCCCCCC[n+]1cccc([C@@H]2CCCN2C)c1.I.[I-]. The first-order valence-corrected chi connectivity index (χ1v) is 9.50. The van der Waals surface area contributed by atoms with Crippen LogP contribution in [0.2, 0.25) is 0 Å². The smallest absolute Gasteiger partial charge is 0.173 e. The third-order valence-corrected chi connectivity index (χ3v) is 5.06. The molecule has 1 fully saturated rings. The first-order chi connectivity index (χ1) is 10.8. The van der Waals surface area contributed by atoms with E-state index in [0.717, 1.165) is 0 Å². The molecule has 1 atom stereocenters. The van der Waals surface area contributed by atoms with Gasteiger partial charge in [-0.05, 0) is 38.9 Å². The highest BCUT2D eigenvalue weighted by Crippen LogP contribution is 2.29. The summed E-state index contributed by atoms with van der Waals surface area (Å²) in [6, 6.07) is 5.18. The van der Waals surface area contributed by atoms with E-state index in [1.165, 1.54) is 82.9 Å². The molecule has 0 spiro atoms. The van der Waals surface area contributed by atoms with Crippen molar-refractivity contribution in [1.82, 2.24) is 4.90 Å². The fourth-order valence-corrected chi connectivity index (χ4v) is 3.64. The number of aryl methyl sites for hydroxylation is 1. The maximum Gasteiger partial charge on any atom is 0.173 e. The highest BCUT2D eigenvalue weighted by molar-refractivity contribution is 14.0. The Morgan fingerprint density at radius 3 is 2.38 bits per heavy atom. The summed E-state index contributed by atoms with van der Waals surface area (Å²) in [5, 5.41) is 0. The van der Waals surface area contributed by atoms with E-state index in [9.17, 15) is 0 Å². The first-order valence-electron chi connectivity index (χ1n) is 9.50. The molecular weight excluding hydrogens is 522 g/mol. The lowest BCUT2D eigenvalue weighted by molar-refractivity contribution is -0.697. The van der Waals surface area contributed by atoms with Gasteiger partial charge in [0.05, 0.1) is 0 Å². The highest BCUT2D eigenvalue weighted by Gasteiger charge is 2.24. The molecule has 0 saturated carbocycles. The molecule has 2 rings (SSSR count). The average Bonchev–Trinajstić information content (AvgIpc) is 2.96. The number of unbranched alkanes of at least 4 members (excludes halogenated alkanes) is 7. The molecule has 0 aromatic carbocycles. The van der Waals surface area contributed by atoms with Crippen molar-refractivity contribution in [2.75, 3.05) is 13.6 Å². The zero-order chi connectivity index (χ0) is 15.6. The molecule has 2 nitrogen and oxygen atoms in total. The summed E-state index contributed by atoms with van der Waals surface area (Å²) >= 11 is 0. The van der Waals surface area contributed by atoms with Crippen molar-refractivity contribution in [3.05, 3.63) is 30.1 Å². The van der Waals surface area contributed by atoms with Gasteiger partial charge < -0.3 is 24.0 Å². The van der Waals surface area contributed by atoms with Crippen molar-refractivity contribution in [2.24, 2.45) is 0 Å². The molecule has 4 heteroatoms. The maximum atomic E-state index is 2.50. The average molecular weight is 558 g/mol. The Hall–Kier alpha value is 0.570. The van der Waals surface area contributed by atoms with Crippen LogP contribution in [0.5, 0.6) is 0 Å². The number of halogens is 2. The van der Waals surface area contributed by atoms with Crippen molar-refractivity contribution in [2.45, 2.75) is 83.7 Å². The summed E-state index contributed by atoms with van der Waals surface area (Å²) in [5.74, 6) is 0. The standard InChI is InChI=1S/C20H35N2.2HI/c1-3-4-5-6-7-8-9-10-16-22-17-11-13-19(18-22)20-14-12-15-21(20)2;;/h11,13,17-18,20H,3-10,12,14-16H2,1-2H3;2*1H/q+1;;/p-1/t20-;;/m0../s1. The molecule has 0 bridgehead atoms. The number of hydrogen-bond acceptors (Lipinski definition) is 1. The van der Waals surface area contributed by atoms with Gasteiger partial charge in [0.1, 0.15) is 6.54 Å². The molecule has 0 radical (unpaired) electrons. The fraction of sp³-hybridized carbons (Fsp3) is 0.750. The predicted molar refractivity (Wildman–Crippen MR) is 109 cm³/mol. The van der Waals surface area contributed by atoms with E-state index in [2.05, 4.69) is 48.0 Å². The van der Waals surface area contributed by atoms with Gasteiger partial charge >= 0.3 is 0 Å². The summed E-state index contributed by atoms with van der Waals surface area (Å²) in [4.78, 5) is 2.50. The second kappa shape index (κ2) is 14.7. The maximum absolute atomic E-state index is 2.50. The molecule has 2 heterocycles. The van der Waals surface area contributed by atoms with Gasteiger partial charge in [-0.1, -0.05) is 45.4 Å². The zero-order valence-corrected chi connectivity index (χ0v) is 20.0. The minimum atomic E-state index is 0. The molecule has 1 aromatic rings. The Morgan fingerprint density at radius 1 is 1.08 bits per heavy atom. The van der Waals surface area contributed by atoms with Crippen LogP contribution in [-0.4, -0.2) is 18.5 Å². The van der Waals surface area contributed by atoms with E-state index >= 15 is 0 Å². The molecule has 1 aliphatic heterocycles. The molecule has 1 aromatic heterocycles. The van der Waals surface area contributed by atoms with Gasteiger partial charge in [-0.15, -0.1) is 24.0 Å². The van der Waals surface area contributed by atoms with Crippen LogP contribution in [0.3, 0.4) is 0 Å². The van der Waals surface area contributed by atoms with Gasteiger partial charge in [0.15, 0.2) is 12.4 Å². The van der Waals surface area contributed by atoms with Crippen molar-refractivity contribution >= 4 is 24.0 Å². The van der Waals surface area contributed by atoms with E-state index < -0.39 is 0 Å². The van der Waals surface area contributed by atoms with Crippen molar-refractivity contribution in [1.29, 1.82) is 0 Å². The quantitative estimate of drug-likeness (QED) is 0.244. The van der Waals surface area contributed by atoms with Crippen LogP contribution in [0.15, 0.2) is 24.5 Å². The molecule has 0 aliphatic carbocycles. The van der Waals surface area contributed by atoms with Gasteiger partial charge in [-0.3, -0.25) is 4.90 Å². The van der Waals surface area contributed by atoms with Gasteiger partial charge in [-0.2, -0.15) is 0 Å². The lowest BCUT2D eigenvalue weighted by Crippen LogP contribution is -3.00. The molecule has 1 saturated heterocycles. The van der Waals surface area contributed by atoms with E-state index in [4.69, 9.17) is 0 Å².